The van der Waals surface area contributed by atoms with Crippen molar-refractivity contribution in [2.75, 3.05) is 13.2 Å². The van der Waals surface area contributed by atoms with Crippen LogP contribution in [-0.4, -0.2) is 23.9 Å². The monoisotopic (exact) mass is 184 g/mol. The molecule has 1 rings (SSSR count). The van der Waals surface area contributed by atoms with Crippen LogP contribution in [0.4, 0.5) is 0 Å². The first kappa shape index (κ1) is 12.5. The van der Waals surface area contributed by atoms with Crippen molar-refractivity contribution < 1.29 is 9.84 Å². The van der Waals surface area contributed by atoms with E-state index in [0.717, 1.165) is 6.42 Å². The minimum Gasteiger partial charge on any atom is -0.381 e. The fraction of sp³-hybridized carbons (Fsp3) is 0.818. The highest BCUT2D eigenvalue weighted by Crippen LogP contribution is 2.18. The molecule has 1 N–H and O–H groups in total. The van der Waals surface area contributed by atoms with Crippen LogP contribution < -0.4 is 0 Å². The van der Waals surface area contributed by atoms with Gasteiger partial charge < -0.3 is 9.84 Å². The number of aliphatic hydroxyl groups is 1. The van der Waals surface area contributed by atoms with Gasteiger partial charge in [-0.2, -0.15) is 0 Å². The number of hydrogen-bond donors (Lipinski definition) is 1. The largest absolute Gasteiger partial charge is 0.381 e. The van der Waals surface area contributed by atoms with E-state index >= 15 is 0 Å². The van der Waals surface area contributed by atoms with Gasteiger partial charge in [-0.25, -0.2) is 0 Å². The zero-order chi connectivity index (χ0) is 10.2. The van der Waals surface area contributed by atoms with Crippen molar-refractivity contribution >= 4 is 0 Å². The maximum absolute atomic E-state index is 9.75. The Hall–Kier alpha value is -0.520. The first-order valence-electron chi connectivity index (χ1n) is 5.07. The molecule has 1 heterocycles. The molecule has 0 aromatic heterocycles. The summed E-state index contributed by atoms with van der Waals surface area (Å²) in [5.74, 6) is 5.78. The van der Waals surface area contributed by atoms with Crippen LogP contribution in [0.5, 0.6) is 0 Å². The Morgan fingerprint density at radius 2 is 1.85 bits per heavy atom. The van der Waals surface area contributed by atoms with E-state index in [1.54, 1.807) is 0 Å². The third-order valence-electron chi connectivity index (χ3n) is 1.82. The van der Waals surface area contributed by atoms with E-state index in [-0.39, 0.29) is 0 Å². The molecule has 1 saturated heterocycles. The molecular weight excluding hydrogens is 164 g/mol. The summed E-state index contributed by atoms with van der Waals surface area (Å²) in [5.41, 5.74) is -0.756. The summed E-state index contributed by atoms with van der Waals surface area (Å²) in [5, 5.41) is 9.75. The SMILES string of the molecule is CC.CCC#CC1(O)CCOCC1. The minimum absolute atomic E-state index is 0.634. The van der Waals surface area contributed by atoms with Gasteiger partial charge >= 0.3 is 0 Å². The van der Waals surface area contributed by atoms with Crippen LogP contribution in [0.25, 0.3) is 0 Å². The van der Waals surface area contributed by atoms with Crippen LogP contribution in [-0.2, 0) is 4.74 Å². The first-order chi connectivity index (χ1) is 6.27. The van der Waals surface area contributed by atoms with Crippen molar-refractivity contribution in [3.63, 3.8) is 0 Å². The molecule has 2 heteroatoms. The molecule has 0 amide bonds. The van der Waals surface area contributed by atoms with Crippen LogP contribution in [0.1, 0.15) is 40.0 Å². The Morgan fingerprint density at radius 1 is 1.31 bits per heavy atom. The highest BCUT2D eigenvalue weighted by molar-refractivity contribution is 5.13. The lowest BCUT2D eigenvalue weighted by molar-refractivity contribution is -0.0262. The van der Waals surface area contributed by atoms with E-state index in [4.69, 9.17) is 4.74 Å². The molecular formula is C11H20O2. The summed E-state index contributed by atoms with van der Waals surface area (Å²) in [6.07, 6.45) is 2.11. The summed E-state index contributed by atoms with van der Waals surface area (Å²) in [7, 11) is 0. The predicted octanol–water partition coefficient (Wildman–Crippen LogP) is 1.97. The third-order valence-corrected chi connectivity index (χ3v) is 1.82. The van der Waals surface area contributed by atoms with Crippen LogP contribution in [0.15, 0.2) is 0 Å². The van der Waals surface area contributed by atoms with Crippen LogP contribution >= 0.6 is 0 Å². The van der Waals surface area contributed by atoms with Gasteiger partial charge in [0.1, 0.15) is 5.60 Å². The van der Waals surface area contributed by atoms with E-state index in [9.17, 15) is 5.11 Å². The zero-order valence-corrected chi connectivity index (χ0v) is 8.89. The molecule has 0 unspecified atom stereocenters. The zero-order valence-electron chi connectivity index (χ0n) is 8.89. The van der Waals surface area contributed by atoms with E-state index < -0.39 is 5.60 Å². The number of hydrogen-bond acceptors (Lipinski definition) is 2. The van der Waals surface area contributed by atoms with Gasteiger partial charge in [0.2, 0.25) is 0 Å². The van der Waals surface area contributed by atoms with Gasteiger partial charge in [-0.3, -0.25) is 0 Å². The topological polar surface area (TPSA) is 29.5 Å². The predicted molar refractivity (Wildman–Crippen MR) is 54.4 cm³/mol. The maximum Gasteiger partial charge on any atom is 0.129 e. The van der Waals surface area contributed by atoms with Gasteiger partial charge in [-0.15, -0.1) is 5.92 Å². The van der Waals surface area contributed by atoms with Gasteiger partial charge in [-0.1, -0.05) is 26.7 Å². The Morgan fingerprint density at radius 3 is 2.31 bits per heavy atom. The molecule has 0 atom stereocenters. The first-order valence-corrected chi connectivity index (χ1v) is 5.07. The Bertz CT molecular complexity index is 170. The normalized spacial score (nSPS) is 19.1. The van der Waals surface area contributed by atoms with Gasteiger partial charge in [0.25, 0.3) is 0 Å². The highest BCUT2D eigenvalue weighted by Gasteiger charge is 2.26. The summed E-state index contributed by atoms with van der Waals surface area (Å²) in [6.45, 7) is 7.25. The standard InChI is InChI=1S/C9H14O2.C2H6/c1-2-3-4-9(10)5-7-11-8-6-9;1-2/h10H,2,5-8H2,1H3;1-2H3. The van der Waals surface area contributed by atoms with E-state index in [0.29, 0.717) is 26.1 Å². The lowest BCUT2D eigenvalue weighted by Gasteiger charge is -2.26. The molecule has 0 radical (unpaired) electrons. The molecule has 1 aliphatic heterocycles. The molecule has 0 saturated carbocycles. The fourth-order valence-electron chi connectivity index (χ4n) is 1.09. The quantitative estimate of drug-likeness (QED) is 0.583. The lowest BCUT2D eigenvalue weighted by Crippen LogP contribution is -2.34. The maximum atomic E-state index is 9.75. The van der Waals surface area contributed by atoms with Gasteiger partial charge in [0.05, 0.1) is 13.2 Å². The third kappa shape index (κ3) is 4.92. The fourth-order valence-corrected chi connectivity index (χ4v) is 1.09. The summed E-state index contributed by atoms with van der Waals surface area (Å²) < 4.78 is 5.12. The molecule has 1 fully saturated rings. The summed E-state index contributed by atoms with van der Waals surface area (Å²) in [6, 6.07) is 0. The second kappa shape index (κ2) is 6.94. The molecule has 0 spiro atoms. The molecule has 0 aromatic carbocycles. The minimum atomic E-state index is -0.756. The summed E-state index contributed by atoms with van der Waals surface area (Å²) >= 11 is 0. The van der Waals surface area contributed by atoms with Gasteiger partial charge in [0, 0.05) is 19.3 Å². The van der Waals surface area contributed by atoms with Crippen molar-refractivity contribution in [1.82, 2.24) is 0 Å². The Balaban J connectivity index is 0.000000671. The second-order valence-electron chi connectivity index (χ2n) is 2.80. The van der Waals surface area contributed by atoms with Crippen molar-refractivity contribution in [1.29, 1.82) is 0 Å². The molecule has 76 valence electrons. The molecule has 0 aliphatic carbocycles. The van der Waals surface area contributed by atoms with E-state index in [1.165, 1.54) is 0 Å². The van der Waals surface area contributed by atoms with Crippen molar-refractivity contribution in [2.24, 2.45) is 0 Å². The van der Waals surface area contributed by atoms with Crippen LogP contribution in [0.3, 0.4) is 0 Å². The van der Waals surface area contributed by atoms with Crippen LogP contribution in [0.2, 0.25) is 0 Å². The molecule has 13 heavy (non-hydrogen) atoms. The van der Waals surface area contributed by atoms with Gasteiger partial charge in [0.15, 0.2) is 0 Å². The van der Waals surface area contributed by atoms with Crippen molar-refractivity contribution in [3.05, 3.63) is 0 Å². The Labute approximate surface area is 81.3 Å². The highest BCUT2D eigenvalue weighted by atomic mass is 16.5. The average Bonchev–Trinajstić information content (AvgIpc) is 2.19. The summed E-state index contributed by atoms with van der Waals surface area (Å²) in [4.78, 5) is 0. The molecule has 2 nitrogen and oxygen atoms in total. The van der Waals surface area contributed by atoms with Crippen molar-refractivity contribution in [2.45, 2.75) is 45.6 Å². The number of ether oxygens (including phenoxy) is 1. The van der Waals surface area contributed by atoms with E-state index in [2.05, 4.69) is 11.8 Å². The van der Waals surface area contributed by atoms with Crippen LogP contribution in [0, 0.1) is 11.8 Å². The molecule has 0 bridgehead atoms. The second-order valence-corrected chi connectivity index (χ2v) is 2.80. The average molecular weight is 184 g/mol. The van der Waals surface area contributed by atoms with E-state index in [1.807, 2.05) is 20.8 Å². The number of rotatable bonds is 0. The van der Waals surface area contributed by atoms with Crippen molar-refractivity contribution in [3.8, 4) is 11.8 Å². The smallest absolute Gasteiger partial charge is 0.129 e. The lowest BCUT2D eigenvalue weighted by atomic mass is 9.95. The Kier molecular flexibility index (Phi) is 6.66. The van der Waals surface area contributed by atoms with Gasteiger partial charge in [-0.05, 0) is 0 Å². The molecule has 0 aromatic rings. The molecule has 1 aliphatic rings.